The molecule has 16 heavy (non-hydrogen) atoms. The van der Waals surface area contributed by atoms with Crippen molar-refractivity contribution in [3.8, 4) is 0 Å². The first-order valence-electron chi connectivity index (χ1n) is 6.02. The van der Waals surface area contributed by atoms with Crippen molar-refractivity contribution in [3.05, 3.63) is 12.3 Å². The van der Waals surface area contributed by atoms with Crippen molar-refractivity contribution < 1.29 is 0 Å². The number of aromatic nitrogens is 2. The van der Waals surface area contributed by atoms with Gasteiger partial charge in [-0.05, 0) is 18.9 Å². The Morgan fingerprint density at radius 3 is 2.69 bits per heavy atom. The van der Waals surface area contributed by atoms with Crippen molar-refractivity contribution in [3.63, 3.8) is 0 Å². The molecule has 1 aromatic rings. The molecule has 2 rings (SSSR count). The highest BCUT2D eigenvalue weighted by Gasteiger charge is 2.14. The Morgan fingerprint density at radius 2 is 2.00 bits per heavy atom. The van der Waals surface area contributed by atoms with Gasteiger partial charge < -0.3 is 10.2 Å². The normalized spacial score (nSPS) is 17.1. The van der Waals surface area contributed by atoms with Crippen LogP contribution in [0.25, 0.3) is 0 Å². The molecule has 1 fully saturated rings. The van der Waals surface area contributed by atoms with E-state index >= 15 is 0 Å². The lowest BCUT2D eigenvalue weighted by molar-refractivity contribution is 0.461. The number of nitrogens with one attached hydrogen (secondary N) is 1. The van der Waals surface area contributed by atoms with E-state index in [0.717, 1.165) is 11.8 Å². The van der Waals surface area contributed by atoms with Crippen molar-refractivity contribution in [2.45, 2.75) is 38.1 Å². The molecule has 0 bridgehead atoms. The van der Waals surface area contributed by atoms with E-state index in [1.807, 2.05) is 31.3 Å². The highest BCUT2D eigenvalue weighted by molar-refractivity contribution is 5.41. The molecule has 0 amide bonds. The fourth-order valence-corrected chi connectivity index (χ4v) is 2.10. The zero-order chi connectivity index (χ0) is 11.4. The van der Waals surface area contributed by atoms with E-state index in [-0.39, 0.29) is 0 Å². The van der Waals surface area contributed by atoms with Gasteiger partial charge in [-0.25, -0.2) is 4.98 Å². The molecule has 88 valence electrons. The van der Waals surface area contributed by atoms with Crippen LogP contribution in [0.3, 0.4) is 0 Å². The zero-order valence-corrected chi connectivity index (χ0v) is 10.1. The van der Waals surface area contributed by atoms with E-state index in [9.17, 15) is 0 Å². The van der Waals surface area contributed by atoms with Crippen molar-refractivity contribution in [2.75, 3.05) is 24.3 Å². The van der Waals surface area contributed by atoms with Gasteiger partial charge in [-0.15, -0.1) is 0 Å². The van der Waals surface area contributed by atoms with Crippen LogP contribution in [0, 0.1) is 0 Å². The van der Waals surface area contributed by atoms with Crippen molar-refractivity contribution >= 4 is 11.8 Å². The van der Waals surface area contributed by atoms with Crippen LogP contribution in [-0.2, 0) is 0 Å². The number of hydrogen-bond acceptors (Lipinski definition) is 4. The van der Waals surface area contributed by atoms with Crippen LogP contribution >= 0.6 is 0 Å². The zero-order valence-electron chi connectivity index (χ0n) is 10.1. The Labute approximate surface area is 97.1 Å². The average Bonchev–Trinajstić information content (AvgIpc) is 2.30. The van der Waals surface area contributed by atoms with Crippen molar-refractivity contribution in [2.24, 2.45) is 0 Å². The van der Waals surface area contributed by atoms with E-state index in [0.29, 0.717) is 6.04 Å². The fraction of sp³-hybridized carbons (Fsp3) is 0.667. The van der Waals surface area contributed by atoms with Gasteiger partial charge in [0.15, 0.2) is 0 Å². The molecule has 1 aromatic heterocycles. The molecule has 0 unspecified atom stereocenters. The molecule has 1 N–H and O–H groups in total. The summed E-state index contributed by atoms with van der Waals surface area (Å²) in [6.07, 6.45) is 8.32. The first kappa shape index (κ1) is 11.2. The standard InChI is InChI=1S/C12H20N4/c1-16(2)11-8-9-13-12(15-11)14-10-6-4-3-5-7-10/h8-10H,3-7H2,1-2H3,(H,13,14,15). The lowest BCUT2D eigenvalue weighted by atomic mass is 9.96. The number of anilines is 2. The summed E-state index contributed by atoms with van der Waals surface area (Å²) in [6.45, 7) is 0. The topological polar surface area (TPSA) is 41.1 Å². The maximum Gasteiger partial charge on any atom is 0.224 e. The van der Waals surface area contributed by atoms with Gasteiger partial charge in [-0.3, -0.25) is 0 Å². The summed E-state index contributed by atoms with van der Waals surface area (Å²) in [5.41, 5.74) is 0. The molecule has 0 saturated heterocycles. The van der Waals surface area contributed by atoms with E-state index in [4.69, 9.17) is 0 Å². The van der Waals surface area contributed by atoms with E-state index in [1.165, 1.54) is 32.1 Å². The van der Waals surface area contributed by atoms with Crippen LogP contribution in [0.1, 0.15) is 32.1 Å². The fourth-order valence-electron chi connectivity index (χ4n) is 2.10. The molecule has 0 aliphatic heterocycles. The van der Waals surface area contributed by atoms with Crippen molar-refractivity contribution in [1.82, 2.24) is 9.97 Å². The van der Waals surface area contributed by atoms with Gasteiger partial charge in [0, 0.05) is 26.3 Å². The predicted molar refractivity (Wildman–Crippen MR) is 66.9 cm³/mol. The van der Waals surface area contributed by atoms with Crippen LogP contribution in [0.4, 0.5) is 11.8 Å². The molecule has 0 spiro atoms. The molecule has 1 aliphatic carbocycles. The predicted octanol–water partition coefficient (Wildman–Crippen LogP) is 2.29. The molecular formula is C12H20N4. The van der Waals surface area contributed by atoms with E-state index in [2.05, 4.69) is 15.3 Å². The quantitative estimate of drug-likeness (QED) is 0.848. The molecule has 4 nitrogen and oxygen atoms in total. The summed E-state index contributed by atoms with van der Waals surface area (Å²) < 4.78 is 0. The Morgan fingerprint density at radius 1 is 1.25 bits per heavy atom. The Balaban J connectivity index is 2.00. The van der Waals surface area contributed by atoms with Gasteiger partial charge in [0.25, 0.3) is 0 Å². The number of nitrogens with zero attached hydrogens (tertiary/aromatic N) is 3. The maximum atomic E-state index is 4.47. The monoisotopic (exact) mass is 220 g/mol. The second-order valence-electron chi connectivity index (χ2n) is 4.61. The van der Waals surface area contributed by atoms with Gasteiger partial charge in [-0.1, -0.05) is 19.3 Å². The maximum absolute atomic E-state index is 4.47. The molecular weight excluding hydrogens is 200 g/mol. The minimum Gasteiger partial charge on any atom is -0.363 e. The van der Waals surface area contributed by atoms with Crippen LogP contribution in [0.15, 0.2) is 12.3 Å². The number of hydrogen-bond donors (Lipinski definition) is 1. The molecule has 0 radical (unpaired) electrons. The van der Waals surface area contributed by atoms with Gasteiger partial charge in [0.1, 0.15) is 5.82 Å². The van der Waals surface area contributed by atoms with Gasteiger partial charge in [0.05, 0.1) is 0 Å². The minimum atomic E-state index is 0.561. The summed E-state index contributed by atoms with van der Waals surface area (Å²) >= 11 is 0. The molecule has 1 aliphatic rings. The Bertz CT molecular complexity index is 332. The van der Waals surface area contributed by atoms with Crippen molar-refractivity contribution in [1.29, 1.82) is 0 Å². The third-order valence-electron chi connectivity index (χ3n) is 3.04. The largest absolute Gasteiger partial charge is 0.363 e. The summed E-state index contributed by atoms with van der Waals surface area (Å²) in [6, 6.07) is 2.48. The minimum absolute atomic E-state index is 0.561. The van der Waals surface area contributed by atoms with Crippen LogP contribution < -0.4 is 10.2 Å². The highest BCUT2D eigenvalue weighted by Crippen LogP contribution is 2.20. The van der Waals surface area contributed by atoms with Crippen LogP contribution in [-0.4, -0.2) is 30.1 Å². The summed E-state index contributed by atoms with van der Waals surface area (Å²) in [5, 5.41) is 3.43. The van der Waals surface area contributed by atoms with Gasteiger partial charge >= 0.3 is 0 Å². The number of rotatable bonds is 3. The molecule has 0 aromatic carbocycles. The Hall–Kier alpha value is -1.32. The molecule has 1 saturated carbocycles. The van der Waals surface area contributed by atoms with E-state index in [1.54, 1.807) is 0 Å². The summed E-state index contributed by atoms with van der Waals surface area (Å²) in [5.74, 6) is 1.71. The second-order valence-corrected chi connectivity index (χ2v) is 4.61. The third-order valence-corrected chi connectivity index (χ3v) is 3.04. The van der Waals surface area contributed by atoms with Crippen LogP contribution in [0.5, 0.6) is 0 Å². The smallest absolute Gasteiger partial charge is 0.224 e. The van der Waals surface area contributed by atoms with Gasteiger partial charge in [-0.2, -0.15) is 4.98 Å². The average molecular weight is 220 g/mol. The Kier molecular flexibility index (Phi) is 3.59. The van der Waals surface area contributed by atoms with Crippen LogP contribution in [0.2, 0.25) is 0 Å². The molecule has 0 atom stereocenters. The third kappa shape index (κ3) is 2.84. The second kappa shape index (κ2) is 5.14. The van der Waals surface area contributed by atoms with Gasteiger partial charge in [0.2, 0.25) is 5.95 Å². The summed E-state index contributed by atoms with van der Waals surface area (Å²) in [7, 11) is 3.99. The highest BCUT2D eigenvalue weighted by atomic mass is 15.2. The lowest BCUT2D eigenvalue weighted by Crippen LogP contribution is -2.24. The lowest BCUT2D eigenvalue weighted by Gasteiger charge is -2.23. The molecule has 1 heterocycles. The first-order valence-corrected chi connectivity index (χ1v) is 6.02. The first-order chi connectivity index (χ1) is 7.75. The summed E-state index contributed by atoms with van der Waals surface area (Å²) in [4.78, 5) is 10.7. The SMILES string of the molecule is CN(C)c1ccnc(NC2CCCCC2)n1. The molecule has 4 heteroatoms. The van der Waals surface area contributed by atoms with E-state index < -0.39 is 0 Å².